The predicted molar refractivity (Wildman–Crippen MR) is 94.5 cm³/mol. The molecule has 0 unspecified atom stereocenters. The van der Waals surface area contributed by atoms with E-state index in [-0.39, 0.29) is 11.7 Å². The molecule has 5 nitrogen and oxygen atoms in total. The van der Waals surface area contributed by atoms with E-state index in [9.17, 15) is 9.18 Å². The second-order valence-corrected chi connectivity index (χ2v) is 5.73. The zero-order valence-corrected chi connectivity index (χ0v) is 13.8. The van der Waals surface area contributed by atoms with Crippen LogP contribution in [0, 0.1) is 5.82 Å². The van der Waals surface area contributed by atoms with Crippen molar-refractivity contribution in [1.29, 1.82) is 0 Å². The molecule has 2 aromatic rings. The molecule has 0 radical (unpaired) electrons. The lowest BCUT2D eigenvalue weighted by Gasteiger charge is -2.28. The zero-order valence-electron chi connectivity index (χ0n) is 13.8. The summed E-state index contributed by atoms with van der Waals surface area (Å²) < 4.78 is 18.4. The first kappa shape index (κ1) is 17.1. The Bertz CT molecular complexity index is 758. The Morgan fingerprint density at radius 2 is 2.12 bits per heavy atom. The number of ether oxygens (including phenoxy) is 1. The van der Waals surface area contributed by atoms with Gasteiger partial charge in [-0.3, -0.25) is 4.79 Å². The number of anilines is 1. The van der Waals surface area contributed by atoms with Gasteiger partial charge in [0.05, 0.1) is 13.2 Å². The van der Waals surface area contributed by atoms with Gasteiger partial charge in [0.1, 0.15) is 11.6 Å². The summed E-state index contributed by atoms with van der Waals surface area (Å²) >= 11 is 0. The molecule has 3 rings (SSSR count). The van der Waals surface area contributed by atoms with Crippen LogP contribution in [0.2, 0.25) is 0 Å². The number of hydrogen-bond acceptors (Lipinski definition) is 4. The molecule has 0 spiro atoms. The summed E-state index contributed by atoms with van der Waals surface area (Å²) in [7, 11) is 0. The van der Waals surface area contributed by atoms with Crippen LogP contribution < -0.4 is 10.2 Å². The van der Waals surface area contributed by atoms with Gasteiger partial charge in [-0.15, -0.1) is 0 Å². The molecule has 0 aliphatic carbocycles. The molecule has 2 heterocycles. The molecular formula is C19H20FN3O2. The maximum Gasteiger partial charge on any atom is 0.244 e. The van der Waals surface area contributed by atoms with E-state index < -0.39 is 0 Å². The van der Waals surface area contributed by atoms with Crippen LogP contribution in [0.1, 0.15) is 11.1 Å². The Labute approximate surface area is 146 Å². The molecule has 0 atom stereocenters. The number of amides is 1. The van der Waals surface area contributed by atoms with Gasteiger partial charge >= 0.3 is 0 Å². The molecule has 1 aromatic heterocycles. The van der Waals surface area contributed by atoms with Crippen LogP contribution in [0.5, 0.6) is 0 Å². The van der Waals surface area contributed by atoms with Crippen LogP contribution in [0.4, 0.5) is 10.2 Å². The van der Waals surface area contributed by atoms with Crippen LogP contribution in [-0.4, -0.2) is 37.2 Å². The van der Waals surface area contributed by atoms with Gasteiger partial charge in [0.15, 0.2) is 0 Å². The fraction of sp³-hybridized carbons (Fsp3) is 0.263. The van der Waals surface area contributed by atoms with E-state index in [4.69, 9.17) is 4.74 Å². The highest BCUT2D eigenvalue weighted by atomic mass is 19.1. The maximum absolute atomic E-state index is 13.1. The van der Waals surface area contributed by atoms with Gasteiger partial charge in [0.25, 0.3) is 0 Å². The van der Waals surface area contributed by atoms with Crippen molar-refractivity contribution in [2.45, 2.75) is 6.54 Å². The molecule has 1 N–H and O–H groups in total. The van der Waals surface area contributed by atoms with Crippen molar-refractivity contribution in [1.82, 2.24) is 10.3 Å². The molecule has 1 aliphatic heterocycles. The first-order chi connectivity index (χ1) is 12.2. The highest BCUT2D eigenvalue weighted by Crippen LogP contribution is 2.14. The first-order valence-corrected chi connectivity index (χ1v) is 8.20. The third-order valence-corrected chi connectivity index (χ3v) is 3.89. The molecule has 0 saturated carbocycles. The number of benzene rings is 1. The molecule has 130 valence electrons. The average molecular weight is 341 g/mol. The minimum atomic E-state index is -0.324. The second kappa shape index (κ2) is 8.39. The first-order valence-electron chi connectivity index (χ1n) is 8.20. The molecule has 1 aromatic carbocycles. The summed E-state index contributed by atoms with van der Waals surface area (Å²) in [6.45, 7) is 3.45. The highest BCUT2D eigenvalue weighted by molar-refractivity contribution is 5.91. The maximum atomic E-state index is 13.1. The third kappa shape index (κ3) is 5.12. The lowest BCUT2D eigenvalue weighted by atomic mass is 10.2. The number of pyridine rings is 1. The number of morpholine rings is 1. The van der Waals surface area contributed by atoms with Crippen molar-refractivity contribution in [3.63, 3.8) is 0 Å². The van der Waals surface area contributed by atoms with Gasteiger partial charge in [-0.2, -0.15) is 0 Å². The smallest absolute Gasteiger partial charge is 0.244 e. The monoisotopic (exact) mass is 341 g/mol. The average Bonchev–Trinajstić information content (AvgIpc) is 2.66. The van der Waals surface area contributed by atoms with Crippen LogP contribution in [0.3, 0.4) is 0 Å². The summed E-state index contributed by atoms with van der Waals surface area (Å²) in [5.74, 6) is 0.342. The van der Waals surface area contributed by atoms with Crippen molar-refractivity contribution in [3.05, 3.63) is 65.6 Å². The SMILES string of the molecule is O=C(/C=C/c1cccc(F)c1)NCc1ccnc(N2CCOCC2)c1. The van der Waals surface area contributed by atoms with Crippen molar-refractivity contribution in [3.8, 4) is 0 Å². The largest absolute Gasteiger partial charge is 0.378 e. The van der Waals surface area contributed by atoms with E-state index >= 15 is 0 Å². The fourth-order valence-corrected chi connectivity index (χ4v) is 2.57. The molecule has 6 heteroatoms. The summed E-state index contributed by atoms with van der Waals surface area (Å²) in [4.78, 5) is 18.5. The minimum absolute atomic E-state index is 0.228. The van der Waals surface area contributed by atoms with E-state index in [0.717, 1.165) is 24.5 Å². The number of halogens is 1. The Morgan fingerprint density at radius 1 is 1.28 bits per heavy atom. The number of carbonyl (C=O) groups is 1. The molecule has 1 fully saturated rings. The molecule has 1 aliphatic rings. The lowest BCUT2D eigenvalue weighted by Crippen LogP contribution is -2.36. The minimum Gasteiger partial charge on any atom is -0.378 e. The Morgan fingerprint density at radius 3 is 2.92 bits per heavy atom. The van der Waals surface area contributed by atoms with Crippen molar-refractivity contribution in [2.75, 3.05) is 31.2 Å². The number of nitrogens with one attached hydrogen (secondary N) is 1. The highest BCUT2D eigenvalue weighted by Gasteiger charge is 2.12. The van der Waals surface area contributed by atoms with Gasteiger partial charge in [-0.05, 0) is 41.5 Å². The molecule has 1 saturated heterocycles. The second-order valence-electron chi connectivity index (χ2n) is 5.73. The predicted octanol–water partition coefficient (Wildman–Crippen LogP) is 2.39. The Kier molecular flexibility index (Phi) is 5.74. The summed E-state index contributed by atoms with van der Waals surface area (Å²) in [6, 6.07) is 9.94. The van der Waals surface area contributed by atoms with E-state index in [0.29, 0.717) is 25.3 Å². The molecule has 1 amide bonds. The van der Waals surface area contributed by atoms with Crippen molar-refractivity contribution < 1.29 is 13.9 Å². The summed E-state index contributed by atoms with van der Waals surface area (Å²) in [5.41, 5.74) is 1.62. The number of nitrogens with zero attached hydrogens (tertiary/aromatic N) is 2. The Balaban J connectivity index is 1.55. The molecular weight excluding hydrogens is 321 g/mol. The molecule has 25 heavy (non-hydrogen) atoms. The summed E-state index contributed by atoms with van der Waals surface area (Å²) in [6.07, 6.45) is 4.73. The van der Waals surface area contributed by atoms with Crippen LogP contribution in [0.25, 0.3) is 6.08 Å². The van der Waals surface area contributed by atoms with Crippen molar-refractivity contribution >= 4 is 17.8 Å². The summed E-state index contributed by atoms with van der Waals surface area (Å²) in [5, 5.41) is 2.82. The van der Waals surface area contributed by atoms with E-state index in [1.165, 1.54) is 18.2 Å². The van der Waals surface area contributed by atoms with Crippen LogP contribution >= 0.6 is 0 Å². The number of rotatable bonds is 5. The number of carbonyl (C=O) groups excluding carboxylic acids is 1. The van der Waals surface area contributed by atoms with E-state index in [2.05, 4.69) is 15.2 Å². The van der Waals surface area contributed by atoms with E-state index in [1.54, 1.807) is 24.4 Å². The van der Waals surface area contributed by atoms with Gasteiger partial charge in [0, 0.05) is 31.9 Å². The van der Waals surface area contributed by atoms with Gasteiger partial charge < -0.3 is 15.0 Å². The van der Waals surface area contributed by atoms with Crippen molar-refractivity contribution in [2.24, 2.45) is 0 Å². The Hall–Kier alpha value is -2.73. The fourth-order valence-electron chi connectivity index (χ4n) is 2.57. The lowest BCUT2D eigenvalue weighted by molar-refractivity contribution is -0.116. The van der Waals surface area contributed by atoms with Crippen LogP contribution in [-0.2, 0) is 16.1 Å². The zero-order chi connectivity index (χ0) is 17.5. The topological polar surface area (TPSA) is 54.5 Å². The van der Waals surface area contributed by atoms with Crippen LogP contribution in [0.15, 0.2) is 48.7 Å². The number of aromatic nitrogens is 1. The third-order valence-electron chi connectivity index (χ3n) is 3.89. The van der Waals surface area contributed by atoms with Gasteiger partial charge in [0.2, 0.25) is 5.91 Å². The van der Waals surface area contributed by atoms with Gasteiger partial charge in [-0.25, -0.2) is 9.37 Å². The normalized spacial score (nSPS) is 14.7. The molecule has 0 bridgehead atoms. The standard InChI is InChI=1S/C19H20FN3O2/c20-17-3-1-2-15(12-17)4-5-19(24)22-14-16-6-7-21-18(13-16)23-8-10-25-11-9-23/h1-7,12-13H,8-11,14H2,(H,22,24)/b5-4+. The quantitative estimate of drug-likeness (QED) is 0.849. The van der Waals surface area contributed by atoms with Gasteiger partial charge in [-0.1, -0.05) is 12.1 Å². The number of hydrogen-bond donors (Lipinski definition) is 1. The van der Waals surface area contributed by atoms with E-state index in [1.807, 2.05) is 12.1 Å².